The fourth-order valence-electron chi connectivity index (χ4n) is 1.82. The van der Waals surface area contributed by atoms with E-state index in [9.17, 15) is 4.79 Å². The van der Waals surface area contributed by atoms with Crippen molar-refractivity contribution in [1.29, 1.82) is 0 Å². The van der Waals surface area contributed by atoms with Crippen LogP contribution in [0.1, 0.15) is 26.7 Å². The van der Waals surface area contributed by atoms with Crippen LogP contribution in [-0.4, -0.2) is 37.1 Å². The van der Waals surface area contributed by atoms with Gasteiger partial charge >= 0.3 is 5.97 Å². The molecule has 1 fully saturated rings. The average Bonchev–Trinajstić information content (AvgIpc) is 2.52. The summed E-state index contributed by atoms with van der Waals surface area (Å²) in [6.45, 7) is 6.56. The Morgan fingerprint density at radius 3 is 2.77 bits per heavy atom. The van der Waals surface area contributed by atoms with Crippen molar-refractivity contribution in [1.82, 2.24) is 4.90 Å². The van der Waals surface area contributed by atoms with Crippen molar-refractivity contribution in [3.63, 3.8) is 0 Å². The van der Waals surface area contributed by atoms with Crippen LogP contribution in [0.5, 0.6) is 0 Å². The molecule has 1 aliphatic heterocycles. The monoisotopic (exact) mass is 185 g/mol. The molecule has 1 unspecified atom stereocenters. The van der Waals surface area contributed by atoms with Gasteiger partial charge in [-0.05, 0) is 32.7 Å². The fourth-order valence-corrected chi connectivity index (χ4v) is 1.82. The number of hydrogen-bond donors (Lipinski definition) is 0. The molecule has 0 aromatic carbocycles. The van der Waals surface area contributed by atoms with Gasteiger partial charge in [0.2, 0.25) is 0 Å². The smallest absolute Gasteiger partial charge is 0.305 e. The van der Waals surface area contributed by atoms with Crippen molar-refractivity contribution in [3.05, 3.63) is 0 Å². The Labute approximate surface area is 80.1 Å². The van der Waals surface area contributed by atoms with E-state index in [1.807, 2.05) is 0 Å². The van der Waals surface area contributed by atoms with Gasteiger partial charge in [0.25, 0.3) is 0 Å². The summed E-state index contributed by atoms with van der Waals surface area (Å²) < 4.78 is 4.65. The van der Waals surface area contributed by atoms with Crippen LogP contribution in [-0.2, 0) is 9.53 Å². The number of hydrogen-bond acceptors (Lipinski definition) is 3. The minimum Gasteiger partial charge on any atom is -0.469 e. The maximum absolute atomic E-state index is 11.0. The zero-order chi connectivity index (χ0) is 9.84. The third kappa shape index (κ3) is 2.99. The van der Waals surface area contributed by atoms with Crippen LogP contribution in [0, 0.1) is 5.92 Å². The van der Waals surface area contributed by atoms with Gasteiger partial charge in [-0.25, -0.2) is 0 Å². The highest BCUT2D eigenvalue weighted by Crippen LogP contribution is 2.21. The van der Waals surface area contributed by atoms with E-state index < -0.39 is 0 Å². The van der Waals surface area contributed by atoms with E-state index in [1.165, 1.54) is 7.11 Å². The Balaban J connectivity index is 2.29. The molecule has 0 aliphatic carbocycles. The van der Waals surface area contributed by atoms with Crippen LogP contribution in [0.3, 0.4) is 0 Å². The van der Waals surface area contributed by atoms with Gasteiger partial charge in [0.05, 0.1) is 7.11 Å². The van der Waals surface area contributed by atoms with E-state index in [0.29, 0.717) is 18.4 Å². The molecule has 1 rings (SSSR count). The van der Waals surface area contributed by atoms with Gasteiger partial charge in [-0.15, -0.1) is 0 Å². The number of carbonyl (C=O) groups is 1. The van der Waals surface area contributed by atoms with E-state index >= 15 is 0 Å². The van der Waals surface area contributed by atoms with Gasteiger partial charge in [-0.3, -0.25) is 4.79 Å². The molecule has 3 heteroatoms. The van der Waals surface area contributed by atoms with Crippen LogP contribution in [0.25, 0.3) is 0 Å². The molecule has 0 aromatic rings. The summed E-state index contributed by atoms with van der Waals surface area (Å²) in [5.74, 6) is 0.436. The van der Waals surface area contributed by atoms with Crippen molar-refractivity contribution in [3.8, 4) is 0 Å². The van der Waals surface area contributed by atoms with Crippen LogP contribution in [0.15, 0.2) is 0 Å². The van der Waals surface area contributed by atoms with Gasteiger partial charge < -0.3 is 9.64 Å². The van der Waals surface area contributed by atoms with Crippen LogP contribution < -0.4 is 0 Å². The molecule has 1 heterocycles. The molecule has 0 saturated carbocycles. The molecule has 0 radical (unpaired) electrons. The average molecular weight is 185 g/mol. The number of methoxy groups -OCH3 is 1. The quantitative estimate of drug-likeness (QED) is 0.620. The zero-order valence-corrected chi connectivity index (χ0v) is 8.75. The lowest BCUT2D eigenvalue weighted by molar-refractivity contribution is -0.141. The minimum atomic E-state index is -0.0735. The number of ether oxygens (including phenoxy) is 1. The van der Waals surface area contributed by atoms with E-state index in [-0.39, 0.29) is 5.97 Å². The summed E-state index contributed by atoms with van der Waals surface area (Å²) in [5.41, 5.74) is 0. The van der Waals surface area contributed by atoms with Crippen molar-refractivity contribution in [2.45, 2.75) is 32.7 Å². The molecule has 13 heavy (non-hydrogen) atoms. The predicted octanol–water partition coefficient (Wildman–Crippen LogP) is 1.28. The molecule has 0 amide bonds. The summed E-state index contributed by atoms with van der Waals surface area (Å²) in [6, 6.07) is 0.600. The number of likely N-dealkylation sites (tertiary alicyclic amines) is 1. The molecule has 1 aliphatic rings. The van der Waals surface area contributed by atoms with E-state index in [0.717, 1.165) is 19.5 Å². The molecule has 76 valence electrons. The summed E-state index contributed by atoms with van der Waals surface area (Å²) in [7, 11) is 1.46. The summed E-state index contributed by atoms with van der Waals surface area (Å²) in [5, 5.41) is 0. The van der Waals surface area contributed by atoms with Crippen molar-refractivity contribution < 1.29 is 9.53 Å². The van der Waals surface area contributed by atoms with Crippen molar-refractivity contribution in [2.75, 3.05) is 20.2 Å². The van der Waals surface area contributed by atoms with E-state index in [2.05, 4.69) is 23.5 Å². The SMILES string of the molecule is COC(=O)CC1CCN(C(C)C)C1. The highest BCUT2D eigenvalue weighted by molar-refractivity contribution is 5.69. The fraction of sp³-hybridized carbons (Fsp3) is 0.900. The normalized spacial score (nSPS) is 23.8. The van der Waals surface area contributed by atoms with Crippen LogP contribution >= 0.6 is 0 Å². The Kier molecular flexibility index (Phi) is 3.72. The van der Waals surface area contributed by atoms with Gasteiger partial charge in [0, 0.05) is 19.0 Å². The highest BCUT2D eigenvalue weighted by atomic mass is 16.5. The topological polar surface area (TPSA) is 29.5 Å². The second kappa shape index (κ2) is 4.61. The van der Waals surface area contributed by atoms with Crippen molar-refractivity contribution >= 4 is 5.97 Å². The van der Waals surface area contributed by atoms with Crippen LogP contribution in [0.4, 0.5) is 0 Å². The number of nitrogens with zero attached hydrogens (tertiary/aromatic N) is 1. The summed E-state index contributed by atoms with van der Waals surface area (Å²) >= 11 is 0. The molecule has 0 N–H and O–H groups in total. The molecule has 0 spiro atoms. The standard InChI is InChI=1S/C10H19NO2/c1-8(2)11-5-4-9(7-11)6-10(12)13-3/h8-9H,4-7H2,1-3H3. The molecular weight excluding hydrogens is 166 g/mol. The van der Waals surface area contributed by atoms with E-state index in [4.69, 9.17) is 0 Å². The lowest BCUT2D eigenvalue weighted by atomic mass is 10.1. The van der Waals surface area contributed by atoms with Gasteiger partial charge in [0.1, 0.15) is 0 Å². The second-order valence-electron chi connectivity index (χ2n) is 4.02. The number of carbonyl (C=O) groups excluding carboxylic acids is 1. The Bertz CT molecular complexity index is 180. The molecule has 0 bridgehead atoms. The maximum Gasteiger partial charge on any atom is 0.305 e. The Hall–Kier alpha value is -0.570. The molecule has 1 saturated heterocycles. The maximum atomic E-state index is 11.0. The van der Waals surface area contributed by atoms with Gasteiger partial charge in [-0.1, -0.05) is 0 Å². The largest absolute Gasteiger partial charge is 0.469 e. The molecular formula is C10H19NO2. The summed E-state index contributed by atoms with van der Waals surface area (Å²) in [6.07, 6.45) is 1.72. The molecule has 1 atom stereocenters. The molecule has 0 aromatic heterocycles. The van der Waals surface area contributed by atoms with Gasteiger partial charge in [0.15, 0.2) is 0 Å². The zero-order valence-electron chi connectivity index (χ0n) is 8.75. The minimum absolute atomic E-state index is 0.0735. The summed E-state index contributed by atoms with van der Waals surface area (Å²) in [4.78, 5) is 13.4. The van der Waals surface area contributed by atoms with E-state index in [1.54, 1.807) is 0 Å². The van der Waals surface area contributed by atoms with Crippen molar-refractivity contribution in [2.24, 2.45) is 5.92 Å². The lowest BCUT2D eigenvalue weighted by Crippen LogP contribution is -2.28. The highest BCUT2D eigenvalue weighted by Gasteiger charge is 2.25. The first kappa shape index (κ1) is 10.5. The third-order valence-electron chi connectivity index (χ3n) is 2.73. The predicted molar refractivity (Wildman–Crippen MR) is 51.4 cm³/mol. The lowest BCUT2D eigenvalue weighted by Gasteiger charge is -2.19. The first-order chi connectivity index (χ1) is 6.13. The van der Waals surface area contributed by atoms with Gasteiger partial charge in [-0.2, -0.15) is 0 Å². The first-order valence-corrected chi connectivity index (χ1v) is 4.94. The number of esters is 1. The third-order valence-corrected chi connectivity index (χ3v) is 2.73. The first-order valence-electron chi connectivity index (χ1n) is 4.94. The second-order valence-corrected chi connectivity index (χ2v) is 4.02. The Morgan fingerprint density at radius 1 is 1.62 bits per heavy atom. The Morgan fingerprint density at radius 2 is 2.31 bits per heavy atom. The van der Waals surface area contributed by atoms with Crippen LogP contribution in [0.2, 0.25) is 0 Å². The number of rotatable bonds is 3. The molecule has 3 nitrogen and oxygen atoms in total.